The fourth-order valence-corrected chi connectivity index (χ4v) is 3.65. The van der Waals surface area contributed by atoms with Crippen LogP contribution in [-0.2, 0) is 4.79 Å². The van der Waals surface area contributed by atoms with Crippen LogP contribution in [0.5, 0.6) is 0 Å². The summed E-state index contributed by atoms with van der Waals surface area (Å²) >= 11 is 0. The zero-order valence-corrected chi connectivity index (χ0v) is 16.9. The second-order valence-electron chi connectivity index (χ2n) is 7.93. The lowest BCUT2D eigenvalue weighted by Gasteiger charge is -2.24. The molecule has 144 valence electrons. The highest BCUT2D eigenvalue weighted by Crippen LogP contribution is 2.26. The summed E-state index contributed by atoms with van der Waals surface area (Å²) in [5.41, 5.74) is 2.07. The second kappa shape index (κ2) is 7.99. The van der Waals surface area contributed by atoms with E-state index < -0.39 is 0 Å². The normalized spacial score (nSPS) is 14.0. The SMILES string of the molecule is CC(C)C[C@H](C(=O)N[C@@H](C)c1nc2ccccc2n1C(C)C)n1cccc1. The van der Waals surface area contributed by atoms with Gasteiger partial charge in [-0.25, -0.2) is 4.98 Å². The maximum absolute atomic E-state index is 13.1. The van der Waals surface area contributed by atoms with Crippen LogP contribution in [0.15, 0.2) is 48.8 Å². The van der Waals surface area contributed by atoms with Crippen molar-refractivity contribution in [2.24, 2.45) is 5.92 Å². The smallest absolute Gasteiger partial charge is 0.243 e. The summed E-state index contributed by atoms with van der Waals surface area (Å²) in [6.45, 7) is 10.6. The van der Waals surface area contributed by atoms with Gasteiger partial charge < -0.3 is 14.5 Å². The molecule has 2 heterocycles. The van der Waals surface area contributed by atoms with Gasteiger partial charge in [0, 0.05) is 18.4 Å². The Morgan fingerprint density at radius 1 is 1.04 bits per heavy atom. The number of hydrogen-bond donors (Lipinski definition) is 1. The number of benzene rings is 1. The Morgan fingerprint density at radius 3 is 2.33 bits per heavy atom. The summed E-state index contributed by atoms with van der Waals surface area (Å²) in [4.78, 5) is 17.9. The number of rotatable bonds is 7. The molecule has 1 N–H and O–H groups in total. The minimum absolute atomic E-state index is 0.0368. The number of aromatic nitrogens is 3. The zero-order chi connectivity index (χ0) is 19.6. The monoisotopic (exact) mass is 366 g/mol. The molecule has 0 aliphatic heterocycles. The molecule has 5 nitrogen and oxygen atoms in total. The molecule has 1 aromatic carbocycles. The molecule has 3 rings (SSSR count). The van der Waals surface area contributed by atoms with Crippen molar-refractivity contribution in [1.29, 1.82) is 0 Å². The van der Waals surface area contributed by atoms with Crippen molar-refractivity contribution in [3.8, 4) is 0 Å². The van der Waals surface area contributed by atoms with E-state index in [1.807, 2.05) is 54.2 Å². The number of amides is 1. The van der Waals surface area contributed by atoms with Crippen LogP contribution >= 0.6 is 0 Å². The topological polar surface area (TPSA) is 51.9 Å². The van der Waals surface area contributed by atoms with E-state index >= 15 is 0 Å². The molecule has 0 saturated carbocycles. The van der Waals surface area contributed by atoms with Gasteiger partial charge in [0.25, 0.3) is 0 Å². The minimum Gasteiger partial charge on any atom is -0.345 e. The summed E-state index contributed by atoms with van der Waals surface area (Å²) in [6.07, 6.45) is 4.72. The second-order valence-corrected chi connectivity index (χ2v) is 7.93. The molecule has 2 aromatic heterocycles. The van der Waals surface area contributed by atoms with Gasteiger partial charge in [-0.3, -0.25) is 4.79 Å². The molecule has 1 amide bonds. The first-order valence-corrected chi connectivity index (χ1v) is 9.78. The van der Waals surface area contributed by atoms with E-state index in [0.717, 1.165) is 23.3 Å². The van der Waals surface area contributed by atoms with E-state index in [1.54, 1.807) is 0 Å². The molecule has 0 radical (unpaired) electrons. The van der Waals surface area contributed by atoms with Gasteiger partial charge in [-0.15, -0.1) is 0 Å². The third kappa shape index (κ3) is 4.07. The lowest BCUT2D eigenvalue weighted by Crippen LogP contribution is -2.35. The maximum atomic E-state index is 13.1. The fraction of sp³-hybridized carbons (Fsp3) is 0.455. The van der Waals surface area contributed by atoms with Crippen molar-refractivity contribution in [3.63, 3.8) is 0 Å². The molecule has 0 saturated heterocycles. The highest BCUT2D eigenvalue weighted by Gasteiger charge is 2.25. The summed E-state index contributed by atoms with van der Waals surface area (Å²) < 4.78 is 4.21. The van der Waals surface area contributed by atoms with Crippen molar-refractivity contribution in [2.45, 2.75) is 59.2 Å². The van der Waals surface area contributed by atoms with Gasteiger partial charge in [-0.2, -0.15) is 0 Å². The van der Waals surface area contributed by atoms with Gasteiger partial charge in [0.2, 0.25) is 5.91 Å². The summed E-state index contributed by atoms with van der Waals surface area (Å²) in [6, 6.07) is 11.9. The van der Waals surface area contributed by atoms with Gasteiger partial charge >= 0.3 is 0 Å². The van der Waals surface area contributed by atoms with E-state index in [4.69, 9.17) is 4.98 Å². The van der Waals surface area contributed by atoms with Gasteiger partial charge in [-0.1, -0.05) is 26.0 Å². The van der Waals surface area contributed by atoms with Crippen LogP contribution in [0.3, 0.4) is 0 Å². The molecule has 0 unspecified atom stereocenters. The van der Waals surface area contributed by atoms with Crippen LogP contribution in [0.25, 0.3) is 11.0 Å². The van der Waals surface area contributed by atoms with Crippen LogP contribution in [0.1, 0.15) is 65.0 Å². The van der Waals surface area contributed by atoms with Crippen LogP contribution in [0.2, 0.25) is 0 Å². The number of imidazole rings is 1. The standard InChI is InChI=1S/C22H30N4O/c1-15(2)14-20(25-12-8-9-13-25)22(27)23-17(5)21-24-18-10-6-7-11-19(18)26(21)16(3)4/h6-13,15-17,20H,14H2,1-5H3,(H,23,27)/t17-,20+/m0/s1. The quantitative estimate of drug-likeness (QED) is 0.648. The number of carbonyl (C=O) groups is 1. The third-order valence-corrected chi connectivity index (χ3v) is 4.87. The number of hydrogen-bond acceptors (Lipinski definition) is 2. The van der Waals surface area contributed by atoms with Crippen LogP contribution in [0.4, 0.5) is 0 Å². The highest BCUT2D eigenvalue weighted by atomic mass is 16.2. The van der Waals surface area contributed by atoms with Gasteiger partial charge in [0.15, 0.2) is 0 Å². The molecule has 3 aromatic rings. The first-order chi connectivity index (χ1) is 12.9. The average molecular weight is 367 g/mol. The fourth-order valence-electron chi connectivity index (χ4n) is 3.65. The molecule has 27 heavy (non-hydrogen) atoms. The van der Waals surface area contributed by atoms with Crippen molar-refractivity contribution in [3.05, 3.63) is 54.6 Å². The summed E-state index contributed by atoms with van der Waals surface area (Å²) in [5, 5.41) is 3.20. The molecule has 0 bridgehead atoms. The molecule has 2 atom stereocenters. The lowest BCUT2D eigenvalue weighted by molar-refractivity contribution is -0.125. The number of nitrogens with zero attached hydrogens (tertiary/aromatic N) is 3. The Bertz CT molecular complexity index is 892. The maximum Gasteiger partial charge on any atom is 0.243 e. The van der Waals surface area contributed by atoms with Crippen LogP contribution in [-0.4, -0.2) is 20.0 Å². The molecule has 0 spiro atoms. The Kier molecular flexibility index (Phi) is 5.68. The Labute approximate surface area is 161 Å². The van der Waals surface area contributed by atoms with Crippen LogP contribution < -0.4 is 5.32 Å². The average Bonchev–Trinajstić information content (AvgIpc) is 3.26. The summed E-state index contributed by atoms with van der Waals surface area (Å²) in [7, 11) is 0. The van der Waals surface area contributed by atoms with Crippen LogP contribution in [0, 0.1) is 5.92 Å². The molecular formula is C22H30N4O. The van der Waals surface area contributed by atoms with E-state index in [-0.39, 0.29) is 24.0 Å². The highest BCUT2D eigenvalue weighted by molar-refractivity contribution is 5.81. The molecule has 0 aliphatic carbocycles. The van der Waals surface area contributed by atoms with Crippen molar-refractivity contribution in [1.82, 2.24) is 19.4 Å². The van der Waals surface area contributed by atoms with Crippen molar-refractivity contribution >= 4 is 16.9 Å². The van der Waals surface area contributed by atoms with E-state index in [9.17, 15) is 4.79 Å². The lowest BCUT2D eigenvalue weighted by atomic mass is 10.0. The predicted molar refractivity (Wildman–Crippen MR) is 110 cm³/mol. The molecule has 5 heteroatoms. The van der Waals surface area contributed by atoms with E-state index in [0.29, 0.717) is 5.92 Å². The molecular weight excluding hydrogens is 336 g/mol. The first-order valence-electron chi connectivity index (χ1n) is 9.78. The number of para-hydroxylation sites is 2. The van der Waals surface area contributed by atoms with Gasteiger partial charge in [0.05, 0.1) is 17.1 Å². The largest absolute Gasteiger partial charge is 0.345 e. The van der Waals surface area contributed by atoms with Crippen molar-refractivity contribution in [2.75, 3.05) is 0 Å². The minimum atomic E-state index is -0.209. The number of nitrogens with one attached hydrogen (secondary N) is 1. The Hall–Kier alpha value is -2.56. The number of fused-ring (bicyclic) bond motifs is 1. The zero-order valence-electron chi connectivity index (χ0n) is 16.9. The predicted octanol–water partition coefficient (Wildman–Crippen LogP) is 4.88. The van der Waals surface area contributed by atoms with Crippen molar-refractivity contribution < 1.29 is 4.79 Å². The number of carbonyl (C=O) groups excluding carboxylic acids is 1. The first kappa shape index (κ1) is 19.2. The van der Waals surface area contributed by atoms with E-state index in [2.05, 4.69) is 43.6 Å². The molecule has 0 aliphatic rings. The van der Waals surface area contributed by atoms with E-state index in [1.165, 1.54) is 0 Å². The molecule has 0 fully saturated rings. The third-order valence-electron chi connectivity index (χ3n) is 4.87. The Balaban J connectivity index is 1.88. The Morgan fingerprint density at radius 2 is 1.70 bits per heavy atom. The summed E-state index contributed by atoms with van der Waals surface area (Å²) in [5.74, 6) is 1.36. The van der Waals surface area contributed by atoms with Gasteiger partial charge in [0.1, 0.15) is 11.9 Å². The van der Waals surface area contributed by atoms with Gasteiger partial charge in [-0.05, 0) is 57.4 Å².